The standard InChI is InChI=1S/C17H33N3/c1-16(2,3)13-7-18(8-13)14-9-19(10-14)15-11-20(12-15)17(4,5)6/h13-15H,7-12H2,1-6H3. The Morgan fingerprint density at radius 1 is 0.650 bits per heavy atom. The van der Waals surface area contributed by atoms with Gasteiger partial charge in [0.05, 0.1) is 0 Å². The molecule has 3 fully saturated rings. The number of likely N-dealkylation sites (tertiary alicyclic amines) is 3. The van der Waals surface area contributed by atoms with Crippen LogP contribution in [-0.2, 0) is 0 Å². The Kier molecular flexibility index (Phi) is 3.47. The van der Waals surface area contributed by atoms with E-state index >= 15 is 0 Å². The van der Waals surface area contributed by atoms with Crippen LogP contribution in [0.2, 0.25) is 0 Å². The maximum Gasteiger partial charge on any atom is 0.0352 e. The predicted molar refractivity (Wildman–Crippen MR) is 85.0 cm³/mol. The molecule has 3 heterocycles. The molecule has 0 aromatic carbocycles. The van der Waals surface area contributed by atoms with Gasteiger partial charge in [-0.2, -0.15) is 0 Å². The lowest BCUT2D eigenvalue weighted by molar-refractivity contribution is -0.107. The van der Waals surface area contributed by atoms with Crippen molar-refractivity contribution in [2.75, 3.05) is 39.3 Å². The highest BCUT2D eigenvalue weighted by Gasteiger charge is 2.46. The van der Waals surface area contributed by atoms with Crippen LogP contribution in [0, 0.1) is 11.3 Å². The van der Waals surface area contributed by atoms with Crippen LogP contribution in [0.4, 0.5) is 0 Å². The van der Waals surface area contributed by atoms with Gasteiger partial charge < -0.3 is 0 Å². The summed E-state index contributed by atoms with van der Waals surface area (Å²) in [5, 5.41) is 0. The zero-order valence-corrected chi connectivity index (χ0v) is 14.3. The van der Waals surface area contributed by atoms with E-state index in [0.29, 0.717) is 11.0 Å². The molecule has 20 heavy (non-hydrogen) atoms. The van der Waals surface area contributed by atoms with Crippen molar-refractivity contribution in [3.05, 3.63) is 0 Å². The van der Waals surface area contributed by atoms with E-state index in [4.69, 9.17) is 0 Å². The summed E-state index contributed by atoms with van der Waals surface area (Å²) in [4.78, 5) is 8.02. The molecule has 0 radical (unpaired) electrons. The normalized spacial score (nSPS) is 29.1. The first-order chi connectivity index (χ1) is 9.14. The van der Waals surface area contributed by atoms with Gasteiger partial charge in [-0.05, 0) is 32.1 Å². The van der Waals surface area contributed by atoms with Crippen LogP contribution in [0.15, 0.2) is 0 Å². The summed E-state index contributed by atoms with van der Waals surface area (Å²) in [6, 6.07) is 1.70. The maximum atomic E-state index is 2.71. The van der Waals surface area contributed by atoms with E-state index in [1.54, 1.807) is 0 Å². The molecule has 0 saturated carbocycles. The highest BCUT2D eigenvalue weighted by Crippen LogP contribution is 2.37. The lowest BCUT2D eigenvalue weighted by atomic mass is 9.75. The molecule has 3 rings (SSSR count). The van der Waals surface area contributed by atoms with Crippen LogP contribution in [0.1, 0.15) is 41.5 Å². The first kappa shape index (κ1) is 14.8. The molecule has 0 unspecified atom stereocenters. The molecule has 0 aliphatic carbocycles. The summed E-state index contributed by atoms with van der Waals surface area (Å²) in [6.45, 7) is 22.0. The van der Waals surface area contributed by atoms with E-state index in [0.717, 1.165) is 18.0 Å². The molecule has 0 amide bonds. The molecule has 3 saturated heterocycles. The molecule has 116 valence electrons. The summed E-state index contributed by atoms with van der Waals surface area (Å²) < 4.78 is 0. The fourth-order valence-corrected chi connectivity index (χ4v) is 3.61. The molecule has 3 aliphatic heterocycles. The molecule has 3 nitrogen and oxygen atoms in total. The minimum absolute atomic E-state index is 0.359. The smallest absolute Gasteiger partial charge is 0.0352 e. The van der Waals surface area contributed by atoms with Crippen LogP contribution < -0.4 is 0 Å². The van der Waals surface area contributed by atoms with Crippen molar-refractivity contribution in [1.29, 1.82) is 0 Å². The van der Waals surface area contributed by atoms with Crippen molar-refractivity contribution in [3.63, 3.8) is 0 Å². The van der Waals surface area contributed by atoms with Gasteiger partial charge in [0.1, 0.15) is 0 Å². The van der Waals surface area contributed by atoms with E-state index in [1.165, 1.54) is 39.3 Å². The molecule has 3 heteroatoms. The monoisotopic (exact) mass is 279 g/mol. The van der Waals surface area contributed by atoms with Crippen LogP contribution in [0.25, 0.3) is 0 Å². The minimum atomic E-state index is 0.359. The van der Waals surface area contributed by atoms with E-state index < -0.39 is 0 Å². The fourth-order valence-electron chi connectivity index (χ4n) is 3.61. The zero-order valence-electron chi connectivity index (χ0n) is 14.3. The second-order valence-electron chi connectivity index (χ2n) is 9.35. The van der Waals surface area contributed by atoms with Gasteiger partial charge in [-0.15, -0.1) is 0 Å². The number of hydrogen-bond donors (Lipinski definition) is 0. The first-order valence-corrected chi connectivity index (χ1v) is 8.38. The van der Waals surface area contributed by atoms with E-state index in [9.17, 15) is 0 Å². The van der Waals surface area contributed by atoms with Gasteiger partial charge >= 0.3 is 0 Å². The Labute approximate surface area is 125 Å². The number of rotatable bonds is 2. The topological polar surface area (TPSA) is 9.72 Å². The number of hydrogen-bond acceptors (Lipinski definition) is 3. The quantitative estimate of drug-likeness (QED) is 0.767. The summed E-state index contributed by atoms with van der Waals surface area (Å²) in [6.07, 6.45) is 0. The minimum Gasteiger partial charge on any atom is -0.297 e. The lowest BCUT2D eigenvalue weighted by Crippen LogP contribution is -2.73. The van der Waals surface area contributed by atoms with E-state index in [2.05, 4.69) is 56.2 Å². The van der Waals surface area contributed by atoms with Crippen LogP contribution in [-0.4, -0.2) is 71.6 Å². The van der Waals surface area contributed by atoms with Crippen LogP contribution in [0.5, 0.6) is 0 Å². The third-order valence-electron chi connectivity index (χ3n) is 5.87. The van der Waals surface area contributed by atoms with Gasteiger partial charge in [0.2, 0.25) is 0 Å². The van der Waals surface area contributed by atoms with Crippen LogP contribution in [0.3, 0.4) is 0 Å². The van der Waals surface area contributed by atoms with Gasteiger partial charge in [0.15, 0.2) is 0 Å². The molecule has 0 bridgehead atoms. The van der Waals surface area contributed by atoms with Crippen molar-refractivity contribution >= 4 is 0 Å². The first-order valence-electron chi connectivity index (χ1n) is 8.38. The van der Waals surface area contributed by atoms with E-state index in [1.807, 2.05) is 0 Å². The Morgan fingerprint density at radius 3 is 1.55 bits per heavy atom. The molecule has 0 atom stereocenters. The van der Waals surface area contributed by atoms with E-state index in [-0.39, 0.29) is 0 Å². The molecule has 0 aromatic rings. The molecule has 0 aromatic heterocycles. The average molecular weight is 279 g/mol. The van der Waals surface area contributed by atoms with Crippen molar-refractivity contribution in [1.82, 2.24) is 14.7 Å². The molecular formula is C17H33N3. The summed E-state index contributed by atoms with van der Waals surface area (Å²) in [5.41, 5.74) is 0.860. The second-order valence-corrected chi connectivity index (χ2v) is 9.35. The third-order valence-corrected chi connectivity index (χ3v) is 5.87. The van der Waals surface area contributed by atoms with Crippen molar-refractivity contribution in [3.8, 4) is 0 Å². The largest absolute Gasteiger partial charge is 0.297 e. The van der Waals surface area contributed by atoms with Gasteiger partial charge in [0, 0.05) is 56.9 Å². The molecule has 0 spiro atoms. The van der Waals surface area contributed by atoms with Gasteiger partial charge in [-0.1, -0.05) is 20.8 Å². The van der Waals surface area contributed by atoms with Crippen molar-refractivity contribution < 1.29 is 0 Å². The number of nitrogens with zero attached hydrogens (tertiary/aromatic N) is 3. The van der Waals surface area contributed by atoms with Gasteiger partial charge in [0.25, 0.3) is 0 Å². The summed E-state index contributed by atoms with van der Waals surface area (Å²) >= 11 is 0. The SMILES string of the molecule is CC(C)(C)C1CN(C2CN(C3CN(C(C)(C)C)C3)C2)C1. The second kappa shape index (κ2) is 4.69. The molecule has 3 aliphatic rings. The van der Waals surface area contributed by atoms with Crippen LogP contribution >= 0.6 is 0 Å². The zero-order chi connectivity index (χ0) is 14.7. The lowest BCUT2D eigenvalue weighted by Gasteiger charge is -2.60. The highest BCUT2D eigenvalue weighted by atomic mass is 15.4. The van der Waals surface area contributed by atoms with Crippen molar-refractivity contribution in [2.24, 2.45) is 11.3 Å². The maximum absolute atomic E-state index is 2.71. The van der Waals surface area contributed by atoms with Gasteiger partial charge in [-0.3, -0.25) is 14.7 Å². The Morgan fingerprint density at radius 2 is 1.10 bits per heavy atom. The predicted octanol–water partition coefficient (Wildman–Crippen LogP) is 2.13. The summed E-state index contributed by atoms with van der Waals surface area (Å²) in [5.74, 6) is 0.914. The fraction of sp³-hybridized carbons (Fsp3) is 1.00. The Balaban J connectivity index is 1.35. The molecular weight excluding hydrogens is 246 g/mol. The van der Waals surface area contributed by atoms with Gasteiger partial charge in [-0.25, -0.2) is 0 Å². The Hall–Kier alpha value is -0.120. The van der Waals surface area contributed by atoms with Crippen molar-refractivity contribution in [2.45, 2.75) is 59.2 Å². The average Bonchev–Trinajstić information content (AvgIpc) is 2.02. The summed E-state index contributed by atoms with van der Waals surface area (Å²) in [7, 11) is 0. The Bertz CT molecular complexity index is 313. The molecule has 0 N–H and O–H groups in total. The third kappa shape index (κ3) is 2.65. The highest BCUT2D eigenvalue weighted by molar-refractivity contribution is 5.03.